The monoisotopic (exact) mass is 190 g/mol. The van der Waals surface area contributed by atoms with Crippen molar-refractivity contribution in [2.24, 2.45) is 0 Å². The van der Waals surface area contributed by atoms with Crippen LogP contribution in [0.1, 0.15) is 12.8 Å². The maximum atomic E-state index is 12.4. The van der Waals surface area contributed by atoms with Gasteiger partial charge in [0.15, 0.2) is 0 Å². The van der Waals surface area contributed by atoms with Crippen molar-refractivity contribution in [1.29, 1.82) is 0 Å². The van der Waals surface area contributed by atoms with Crippen LogP contribution in [0, 0.1) is 0 Å². The van der Waals surface area contributed by atoms with Crippen molar-refractivity contribution in [2.45, 2.75) is 19.0 Å². The average Bonchev–Trinajstić information content (AvgIpc) is 2.06. The minimum absolute atomic E-state index is 0.312. The Kier molecular flexibility index (Phi) is 7.10. The fourth-order valence-corrected chi connectivity index (χ4v) is 1.13. The largest absolute Gasteiger partial charge is 0.303 e. The second-order valence-electron chi connectivity index (χ2n) is 2.90. The van der Waals surface area contributed by atoms with Crippen LogP contribution >= 0.6 is 0 Å². The van der Waals surface area contributed by atoms with E-state index in [-0.39, 0.29) is 0 Å². The molecule has 0 aromatic carbocycles. The van der Waals surface area contributed by atoms with Gasteiger partial charge in [0.05, 0.1) is 0 Å². The standard InChI is InChI=1S/C6H12FN.C2H3NO2/c1-8-4-2-3-6(7)5-8;4-1-3-2-5/h6H,2-5H2,1H3;1-2H,(H,3,4,5). The van der Waals surface area contributed by atoms with E-state index < -0.39 is 6.17 Å². The molecule has 76 valence electrons. The third-order valence-electron chi connectivity index (χ3n) is 1.70. The number of carbonyl (C=O) groups excluding carboxylic acids is 2. The highest BCUT2D eigenvalue weighted by molar-refractivity contribution is 5.67. The summed E-state index contributed by atoms with van der Waals surface area (Å²) < 4.78 is 12.4. The first kappa shape index (κ1) is 12.0. The molecule has 0 aromatic rings. The zero-order valence-corrected chi connectivity index (χ0v) is 7.70. The quantitative estimate of drug-likeness (QED) is 0.620. The Morgan fingerprint density at radius 2 is 2.08 bits per heavy atom. The third kappa shape index (κ3) is 7.39. The lowest BCUT2D eigenvalue weighted by atomic mass is 10.1. The molecule has 0 aromatic heterocycles. The Morgan fingerprint density at radius 3 is 2.31 bits per heavy atom. The number of hydrogen-bond donors (Lipinski definition) is 1. The van der Waals surface area contributed by atoms with Crippen LogP contribution in [0.2, 0.25) is 0 Å². The van der Waals surface area contributed by atoms with Gasteiger partial charge in [-0.1, -0.05) is 0 Å². The van der Waals surface area contributed by atoms with E-state index in [1.54, 1.807) is 5.32 Å². The van der Waals surface area contributed by atoms with Gasteiger partial charge in [-0.25, -0.2) is 4.39 Å². The van der Waals surface area contributed by atoms with Crippen molar-refractivity contribution in [2.75, 3.05) is 20.1 Å². The maximum absolute atomic E-state index is 12.4. The Balaban J connectivity index is 0.000000252. The highest BCUT2D eigenvalue weighted by atomic mass is 19.1. The van der Waals surface area contributed by atoms with E-state index in [1.807, 2.05) is 11.9 Å². The average molecular weight is 190 g/mol. The number of hydrogen-bond acceptors (Lipinski definition) is 3. The summed E-state index contributed by atoms with van der Waals surface area (Å²) in [4.78, 5) is 20.2. The molecule has 1 aliphatic rings. The summed E-state index contributed by atoms with van der Waals surface area (Å²) in [7, 11) is 1.96. The summed E-state index contributed by atoms with van der Waals surface area (Å²) in [5, 5.41) is 1.75. The number of likely N-dealkylation sites (tertiary alicyclic amines) is 1. The lowest BCUT2D eigenvalue weighted by molar-refractivity contribution is -0.117. The number of nitrogens with zero attached hydrogens (tertiary/aromatic N) is 1. The zero-order valence-electron chi connectivity index (χ0n) is 7.70. The van der Waals surface area contributed by atoms with Crippen molar-refractivity contribution < 1.29 is 14.0 Å². The van der Waals surface area contributed by atoms with Crippen LogP contribution in [-0.4, -0.2) is 44.0 Å². The van der Waals surface area contributed by atoms with Crippen LogP contribution in [-0.2, 0) is 9.59 Å². The summed E-state index contributed by atoms with van der Waals surface area (Å²) in [6.45, 7) is 1.71. The summed E-state index contributed by atoms with van der Waals surface area (Å²) in [6, 6.07) is 0. The highest BCUT2D eigenvalue weighted by Crippen LogP contribution is 2.09. The molecule has 1 aliphatic heterocycles. The van der Waals surface area contributed by atoms with Gasteiger partial charge in [-0.05, 0) is 26.4 Å². The first-order valence-corrected chi connectivity index (χ1v) is 4.16. The fraction of sp³-hybridized carbons (Fsp3) is 0.750. The fourth-order valence-electron chi connectivity index (χ4n) is 1.13. The molecule has 1 N–H and O–H groups in total. The van der Waals surface area contributed by atoms with Gasteiger partial charge in [0.1, 0.15) is 6.17 Å². The van der Waals surface area contributed by atoms with E-state index in [1.165, 1.54) is 0 Å². The van der Waals surface area contributed by atoms with Gasteiger partial charge in [-0.3, -0.25) is 9.59 Å². The molecular weight excluding hydrogens is 175 g/mol. The molecule has 1 fully saturated rings. The second-order valence-corrected chi connectivity index (χ2v) is 2.90. The molecule has 1 unspecified atom stereocenters. The van der Waals surface area contributed by atoms with Gasteiger partial charge >= 0.3 is 0 Å². The van der Waals surface area contributed by atoms with Gasteiger partial charge in [0, 0.05) is 6.54 Å². The molecule has 1 atom stereocenters. The van der Waals surface area contributed by atoms with E-state index in [9.17, 15) is 4.39 Å². The van der Waals surface area contributed by atoms with Crippen LogP contribution in [0.25, 0.3) is 0 Å². The van der Waals surface area contributed by atoms with Crippen LogP contribution < -0.4 is 5.32 Å². The molecule has 0 bridgehead atoms. The molecule has 2 amide bonds. The molecule has 4 nitrogen and oxygen atoms in total. The van der Waals surface area contributed by atoms with Crippen molar-refractivity contribution in [3.63, 3.8) is 0 Å². The first-order chi connectivity index (χ1) is 6.20. The Labute approximate surface area is 77.1 Å². The SMILES string of the molecule is CN1CCCC(F)C1.O=CNC=O. The Bertz CT molecular complexity index is 141. The number of imide groups is 1. The molecular formula is C8H15FN2O2. The van der Waals surface area contributed by atoms with E-state index in [0.717, 1.165) is 19.4 Å². The Hall–Kier alpha value is -0.970. The smallest absolute Gasteiger partial charge is 0.213 e. The number of piperidine rings is 1. The van der Waals surface area contributed by atoms with E-state index in [2.05, 4.69) is 0 Å². The number of halogens is 1. The molecule has 5 heteroatoms. The van der Waals surface area contributed by atoms with Crippen LogP contribution in [0.4, 0.5) is 4.39 Å². The number of rotatable bonds is 2. The predicted octanol–water partition coefficient (Wildman–Crippen LogP) is -0.0611. The van der Waals surface area contributed by atoms with Crippen LogP contribution in [0.3, 0.4) is 0 Å². The molecule has 1 heterocycles. The molecule has 13 heavy (non-hydrogen) atoms. The Morgan fingerprint density at radius 1 is 1.46 bits per heavy atom. The number of carbonyl (C=O) groups is 2. The summed E-state index contributed by atoms with van der Waals surface area (Å²) in [5.74, 6) is 0. The predicted molar refractivity (Wildman–Crippen MR) is 46.9 cm³/mol. The van der Waals surface area contributed by atoms with Crippen molar-refractivity contribution in [3.05, 3.63) is 0 Å². The molecule has 1 rings (SSSR count). The molecule has 0 spiro atoms. The highest BCUT2D eigenvalue weighted by Gasteiger charge is 2.14. The first-order valence-electron chi connectivity index (χ1n) is 4.16. The number of nitrogens with one attached hydrogen (secondary N) is 1. The normalized spacial score (nSPS) is 22.5. The summed E-state index contributed by atoms with van der Waals surface area (Å²) >= 11 is 0. The van der Waals surface area contributed by atoms with Gasteiger partial charge in [-0.2, -0.15) is 0 Å². The summed E-state index contributed by atoms with van der Waals surface area (Å²) in [6.07, 6.45) is 1.86. The summed E-state index contributed by atoms with van der Waals surface area (Å²) in [5.41, 5.74) is 0. The zero-order chi connectivity index (χ0) is 10.1. The molecule has 0 aliphatic carbocycles. The second kappa shape index (κ2) is 7.67. The minimum Gasteiger partial charge on any atom is -0.303 e. The molecule has 1 saturated heterocycles. The number of alkyl halides is 1. The van der Waals surface area contributed by atoms with E-state index in [4.69, 9.17) is 9.59 Å². The van der Waals surface area contributed by atoms with Crippen molar-refractivity contribution in [3.8, 4) is 0 Å². The van der Waals surface area contributed by atoms with Gasteiger partial charge in [0.2, 0.25) is 12.8 Å². The topological polar surface area (TPSA) is 49.4 Å². The third-order valence-corrected chi connectivity index (χ3v) is 1.70. The van der Waals surface area contributed by atoms with Gasteiger partial charge in [0.25, 0.3) is 0 Å². The van der Waals surface area contributed by atoms with Crippen LogP contribution in [0.5, 0.6) is 0 Å². The van der Waals surface area contributed by atoms with Crippen LogP contribution in [0.15, 0.2) is 0 Å². The van der Waals surface area contributed by atoms with E-state index in [0.29, 0.717) is 19.4 Å². The van der Waals surface area contributed by atoms with Gasteiger partial charge in [-0.15, -0.1) is 0 Å². The van der Waals surface area contributed by atoms with E-state index >= 15 is 0 Å². The van der Waals surface area contributed by atoms with Crippen molar-refractivity contribution in [1.82, 2.24) is 10.2 Å². The minimum atomic E-state index is -0.561. The van der Waals surface area contributed by atoms with Gasteiger partial charge < -0.3 is 10.2 Å². The lowest BCUT2D eigenvalue weighted by Gasteiger charge is -2.24. The maximum Gasteiger partial charge on any atom is 0.213 e. The van der Waals surface area contributed by atoms with Crippen molar-refractivity contribution >= 4 is 12.8 Å². The number of amides is 2. The molecule has 0 radical (unpaired) electrons. The lowest BCUT2D eigenvalue weighted by Crippen LogP contribution is -2.32. The molecule has 0 saturated carbocycles.